The molecule has 1 N–H and O–H groups in total. The number of ether oxygens (including phenoxy) is 1. The predicted molar refractivity (Wildman–Crippen MR) is 94.9 cm³/mol. The van der Waals surface area contributed by atoms with Crippen molar-refractivity contribution in [1.29, 1.82) is 0 Å². The Labute approximate surface area is 147 Å². The van der Waals surface area contributed by atoms with Gasteiger partial charge in [0.05, 0.1) is 14.7 Å². The smallest absolute Gasteiger partial charge is 0.264 e. The zero-order valence-corrected chi connectivity index (χ0v) is 14.4. The van der Waals surface area contributed by atoms with E-state index in [4.69, 9.17) is 27.9 Å². The summed E-state index contributed by atoms with van der Waals surface area (Å²) in [7, 11) is 0. The summed E-state index contributed by atoms with van der Waals surface area (Å²) in [6.45, 7) is 1.84. The minimum atomic E-state index is -0.283. The van der Waals surface area contributed by atoms with E-state index < -0.39 is 0 Å². The Morgan fingerprint density at radius 1 is 1.26 bits per heavy atom. The van der Waals surface area contributed by atoms with Crippen LogP contribution >= 0.6 is 34.5 Å². The van der Waals surface area contributed by atoms with E-state index >= 15 is 0 Å². The number of benzene rings is 2. The number of aromatic nitrogens is 1. The van der Waals surface area contributed by atoms with Gasteiger partial charge in [-0.1, -0.05) is 52.7 Å². The fourth-order valence-corrected chi connectivity index (χ4v) is 3.31. The normalized spacial score (nSPS) is 10.7. The van der Waals surface area contributed by atoms with Crippen LogP contribution in [0.15, 0.2) is 36.4 Å². The summed E-state index contributed by atoms with van der Waals surface area (Å²) in [5.41, 5.74) is 1.56. The molecule has 3 rings (SSSR count). The van der Waals surface area contributed by atoms with Gasteiger partial charge < -0.3 is 4.74 Å². The zero-order valence-electron chi connectivity index (χ0n) is 12.1. The molecule has 1 heterocycles. The molecule has 0 spiro atoms. The van der Waals surface area contributed by atoms with Crippen molar-refractivity contribution in [1.82, 2.24) is 4.98 Å². The highest BCUT2D eigenvalue weighted by atomic mass is 35.5. The van der Waals surface area contributed by atoms with Crippen molar-refractivity contribution in [3.05, 3.63) is 52.0 Å². The summed E-state index contributed by atoms with van der Waals surface area (Å²) >= 11 is 13.4. The lowest BCUT2D eigenvalue weighted by atomic mass is 10.2. The fraction of sp³-hybridized carbons (Fsp3) is 0.125. The van der Waals surface area contributed by atoms with Gasteiger partial charge in [-0.2, -0.15) is 0 Å². The van der Waals surface area contributed by atoms with Gasteiger partial charge in [-0.3, -0.25) is 10.1 Å². The molecule has 7 heteroatoms. The third-order valence-corrected chi connectivity index (χ3v) is 4.88. The number of para-hydroxylation sites is 1. The SMILES string of the molecule is Cc1ccccc1OCC(=O)Nc1nc2c(Cl)c(Cl)ccc2s1. The number of carbonyl (C=O) groups is 1. The number of aryl methyl sites for hydroxylation is 1. The van der Waals surface area contributed by atoms with Crippen molar-refractivity contribution >= 4 is 55.8 Å². The molecule has 3 aromatic rings. The summed E-state index contributed by atoms with van der Waals surface area (Å²) in [6, 6.07) is 11.0. The second-order valence-corrected chi connectivity index (χ2v) is 6.65. The largest absolute Gasteiger partial charge is 0.483 e. The molecule has 1 amide bonds. The molecule has 4 nitrogen and oxygen atoms in total. The quantitative estimate of drug-likeness (QED) is 0.712. The molecule has 1 aromatic heterocycles. The molecule has 0 aliphatic heterocycles. The second-order valence-electron chi connectivity index (χ2n) is 4.83. The van der Waals surface area contributed by atoms with E-state index in [1.165, 1.54) is 11.3 Å². The number of rotatable bonds is 4. The summed E-state index contributed by atoms with van der Waals surface area (Å²) in [4.78, 5) is 16.3. The first-order valence-corrected chi connectivity index (χ1v) is 8.34. The molecule has 0 radical (unpaired) electrons. The van der Waals surface area contributed by atoms with Crippen molar-refractivity contribution in [3.63, 3.8) is 0 Å². The van der Waals surface area contributed by atoms with Crippen LogP contribution in [-0.2, 0) is 4.79 Å². The number of hydrogen-bond donors (Lipinski definition) is 1. The van der Waals surface area contributed by atoms with Gasteiger partial charge >= 0.3 is 0 Å². The van der Waals surface area contributed by atoms with Crippen LogP contribution < -0.4 is 10.1 Å². The number of carbonyl (C=O) groups excluding carboxylic acids is 1. The van der Waals surface area contributed by atoms with Gasteiger partial charge in [-0.05, 0) is 30.7 Å². The van der Waals surface area contributed by atoms with Gasteiger partial charge in [-0.25, -0.2) is 4.98 Å². The summed E-state index contributed by atoms with van der Waals surface area (Å²) in [6.07, 6.45) is 0. The van der Waals surface area contributed by atoms with Crippen LogP contribution in [0.3, 0.4) is 0 Å². The molecule has 0 saturated heterocycles. The highest BCUT2D eigenvalue weighted by molar-refractivity contribution is 7.22. The third-order valence-electron chi connectivity index (χ3n) is 3.15. The summed E-state index contributed by atoms with van der Waals surface area (Å²) in [5.74, 6) is 0.399. The van der Waals surface area contributed by atoms with Crippen molar-refractivity contribution in [3.8, 4) is 5.75 Å². The van der Waals surface area contributed by atoms with Crippen molar-refractivity contribution < 1.29 is 9.53 Å². The van der Waals surface area contributed by atoms with Crippen molar-refractivity contribution in [2.45, 2.75) is 6.92 Å². The van der Waals surface area contributed by atoms with Gasteiger partial charge in [0.25, 0.3) is 5.91 Å². The highest BCUT2D eigenvalue weighted by Gasteiger charge is 2.12. The molecule has 0 bridgehead atoms. The Morgan fingerprint density at radius 2 is 2.04 bits per heavy atom. The molecular formula is C16H12Cl2N2O2S. The Balaban J connectivity index is 1.68. The van der Waals surface area contributed by atoms with E-state index in [9.17, 15) is 4.79 Å². The average molecular weight is 367 g/mol. The Morgan fingerprint density at radius 3 is 2.83 bits per heavy atom. The van der Waals surface area contributed by atoms with Gasteiger partial charge in [0.15, 0.2) is 11.7 Å². The van der Waals surface area contributed by atoms with Crippen molar-refractivity contribution in [2.24, 2.45) is 0 Å². The summed E-state index contributed by atoms with van der Waals surface area (Å²) in [5, 5.41) is 3.99. The minimum Gasteiger partial charge on any atom is -0.483 e. The lowest BCUT2D eigenvalue weighted by molar-refractivity contribution is -0.118. The molecule has 0 unspecified atom stereocenters. The van der Waals surface area contributed by atoms with E-state index in [-0.39, 0.29) is 12.5 Å². The van der Waals surface area contributed by atoms with Crippen LogP contribution in [0.1, 0.15) is 5.56 Å². The van der Waals surface area contributed by atoms with Gasteiger partial charge in [0.2, 0.25) is 0 Å². The van der Waals surface area contributed by atoms with Crippen LogP contribution in [0.4, 0.5) is 5.13 Å². The topological polar surface area (TPSA) is 51.2 Å². The number of fused-ring (bicyclic) bond motifs is 1. The molecular weight excluding hydrogens is 355 g/mol. The number of thiazole rings is 1. The van der Waals surface area contributed by atoms with E-state index in [0.717, 1.165) is 10.3 Å². The van der Waals surface area contributed by atoms with E-state index in [1.807, 2.05) is 37.3 Å². The Bertz CT molecular complexity index is 880. The number of amides is 1. The Kier molecular flexibility index (Phi) is 4.71. The van der Waals surface area contributed by atoms with Gasteiger partial charge in [0.1, 0.15) is 11.3 Å². The van der Waals surface area contributed by atoms with Gasteiger partial charge in [0, 0.05) is 0 Å². The number of hydrogen-bond acceptors (Lipinski definition) is 4. The first-order valence-electron chi connectivity index (χ1n) is 6.77. The number of nitrogens with one attached hydrogen (secondary N) is 1. The fourth-order valence-electron chi connectivity index (χ4n) is 2.01. The molecule has 0 saturated carbocycles. The van der Waals surface area contributed by atoms with Gasteiger partial charge in [-0.15, -0.1) is 0 Å². The first-order chi connectivity index (χ1) is 11.0. The minimum absolute atomic E-state index is 0.0880. The lowest BCUT2D eigenvalue weighted by Gasteiger charge is -2.07. The molecule has 0 fully saturated rings. The van der Waals surface area contributed by atoms with E-state index in [1.54, 1.807) is 6.07 Å². The van der Waals surface area contributed by atoms with Crippen LogP contribution in [0, 0.1) is 6.92 Å². The highest BCUT2D eigenvalue weighted by Crippen LogP contribution is 2.35. The zero-order chi connectivity index (χ0) is 16.4. The summed E-state index contributed by atoms with van der Waals surface area (Å²) < 4.78 is 6.36. The molecule has 0 aliphatic rings. The number of nitrogens with zero attached hydrogens (tertiary/aromatic N) is 1. The maximum Gasteiger partial charge on any atom is 0.264 e. The standard InChI is InChI=1S/C16H12Cl2N2O2S/c1-9-4-2-3-5-11(9)22-8-13(21)19-16-20-15-12(23-16)7-6-10(17)14(15)18/h2-7H,8H2,1H3,(H,19,20,21). The monoisotopic (exact) mass is 366 g/mol. The maximum absolute atomic E-state index is 12.0. The molecule has 0 aliphatic carbocycles. The second kappa shape index (κ2) is 6.74. The Hall–Kier alpha value is -1.82. The molecule has 2 aromatic carbocycles. The maximum atomic E-state index is 12.0. The number of anilines is 1. The molecule has 23 heavy (non-hydrogen) atoms. The van der Waals surface area contributed by atoms with Crippen LogP contribution in [0.5, 0.6) is 5.75 Å². The average Bonchev–Trinajstić information content (AvgIpc) is 2.93. The number of halogens is 2. The molecule has 0 atom stereocenters. The lowest BCUT2D eigenvalue weighted by Crippen LogP contribution is -2.20. The van der Waals surface area contributed by atoms with Crippen molar-refractivity contribution in [2.75, 3.05) is 11.9 Å². The predicted octanol–water partition coefficient (Wildman–Crippen LogP) is 4.93. The van der Waals surface area contributed by atoms with E-state index in [0.29, 0.717) is 26.4 Å². The first kappa shape index (κ1) is 16.1. The van der Waals surface area contributed by atoms with Crippen LogP contribution in [0.25, 0.3) is 10.2 Å². The molecule has 118 valence electrons. The van der Waals surface area contributed by atoms with Crippen LogP contribution in [0.2, 0.25) is 10.0 Å². The van der Waals surface area contributed by atoms with Crippen LogP contribution in [-0.4, -0.2) is 17.5 Å². The van der Waals surface area contributed by atoms with E-state index in [2.05, 4.69) is 10.3 Å². The third kappa shape index (κ3) is 3.58.